The highest BCUT2D eigenvalue weighted by Crippen LogP contribution is 2.21. The van der Waals surface area contributed by atoms with Gasteiger partial charge in [0.15, 0.2) is 0 Å². The molecule has 0 saturated heterocycles. The van der Waals surface area contributed by atoms with E-state index in [0.717, 1.165) is 25.8 Å². The van der Waals surface area contributed by atoms with Gasteiger partial charge < -0.3 is 52.4 Å². The molecule has 0 aromatic heterocycles. The van der Waals surface area contributed by atoms with Crippen molar-refractivity contribution in [2.24, 2.45) is 29.2 Å². The number of rotatable bonds is 22. The van der Waals surface area contributed by atoms with E-state index in [-0.39, 0.29) is 55.5 Å². The summed E-state index contributed by atoms with van der Waals surface area (Å²) in [5, 5.41) is 12.8. The Morgan fingerprint density at radius 2 is 1.34 bits per heavy atom. The Labute approximate surface area is 365 Å². The largest absolute Gasteiger partial charge is 0.445 e. The Bertz CT molecular complexity index is 1390. The van der Waals surface area contributed by atoms with E-state index in [4.69, 9.17) is 20.9 Å². The smallest absolute Gasteiger partial charge is 0.410 e. The van der Waals surface area contributed by atoms with E-state index in [2.05, 4.69) is 54.3 Å². The average molecular weight is 868 g/mol. The minimum atomic E-state index is -0.869. The van der Waals surface area contributed by atoms with Crippen LogP contribution in [0.15, 0.2) is 24.3 Å². The second-order valence-corrected chi connectivity index (χ2v) is 15.0. The van der Waals surface area contributed by atoms with E-state index < -0.39 is 41.9 Å². The third-order valence-corrected chi connectivity index (χ3v) is 9.05. The summed E-state index contributed by atoms with van der Waals surface area (Å²) in [4.78, 5) is 85.4. The molecule has 0 aliphatic heterocycles. The van der Waals surface area contributed by atoms with Gasteiger partial charge in [0.1, 0.15) is 12.6 Å². The lowest BCUT2D eigenvalue weighted by molar-refractivity contribution is -0.138. The van der Waals surface area contributed by atoms with Gasteiger partial charge in [0.2, 0.25) is 30.0 Å². The van der Waals surface area contributed by atoms with Gasteiger partial charge in [-0.05, 0) is 55.2 Å². The van der Waals surface area contributed by atoms with Crippen LogP contribution in [0.3, 0.4) is 0 Å². The summed E-state index contributed by atoms with van der Waals surface area (Å²) < 4.78 is 11.1. The Kier molecular flexibility index (Phi) is 35.4. The standard InChI is InChI=1S/C33H56N6O7.C4H10N2O.C3H7NO.C3H8/c1-11-22(7)30(25(12-2)45-10)38(8)27(41)18-36-32(43)29(21(5)6)39(9)33(44)46-19-23-13-15-24(16-14-23)37-26(40)17-35-31(42)28(34)20(3)4;1-2-3-6-4(5)7;1-2-4-3-5;1-3-2/h13-16,20-22,25,28-30H,11-12,17-19,34H2,1-10H3,(H,35,42)(H,36,43)(H,37,40);2-3H2,1H3,(H3,5,6,7);3H,2H2,1H3,(H,4,5);3H2,1-2H3. The molecule has 18 nitrogen and oxygen atoms in total. The van der Waals surface area contributed by atoms with Crippen LogP contribution in [-0.4, -0.2) is 124 Å². The molecule has 18 heteroatoms. The van der Waals surface area contributed by atoms with E-state index in [9.17, 15) is 33.6 Å². The summed E-state index contributed by atoms with van der Waals surface area (Å²) in [5.41, 5.74) is 11.7. The molecule has 0 spiro atoms. The SMILES string of the molecule is CCC.CCC(C)C(C(CC)OC)N(C)C(=O)CNC(=O)C(C(C)C)N(C)C(=O)OCc1ccc(NC(=O)CNC(=O)C(N)C(C)C)cc1.CCCNC(N)=O.CCNC=O. The van der Waals surface area contributed by atoms with Gasteiger partial charge in [0.25, 0.3) is 0 Å². The number of likely N-dealkylation sites (N-methyl/N-ethyl adjacent to an activating group) is 2. The van der Waals surface area contributed by atoms with Gasteiger partial charge in [0.05, 0.1) is 31.3 Å². The minimum Gasteiger partial charge on any atom is -0.445 e. The number of carbonyl (C=O) groups excluding carboxylic acids is 7. The third-order valence-electron chi connectivity index (χ3n) is 9.05. The summed E-state index contributed by atoms with van der Waals surface area (Å²) in [6.07, 6.45) is 3.64. The first kappa shape index (κ1) is 60.3. The lowest BCUT2D eigenvalue weighted by Crippen LogP contribution is -2.54. The van der Waals surface area contributed by atoms with Gasteiger partial charge >= 0.3 is 12.1 Å². The van der Waals surface area contributed by atoms with Crippen LogP contribution in [0, 0.1) is 17.8 Å². The van der Waals surface area contributed by atoms with Gasteiger partial charge in [-0.2, -0.15) is 0 Å². The van der Waals surface area contributed by atoms with Crippen LogP contribution in [0.2, 0.25) is 0 Å². The molecule has 61 heavy (non-hydrogen) atoms. The Balaban J connectivity index is -0.00000190. The summed E-state index contributed by atoms with van der Waals surface area (Å²) in [6.45, 7) is 22.4. The van der Waals surface area contributed by atoms with Crippen molar-refractivity contribution in [1.82, 2.24) is 31.1 Å². The number of benzene rings is 1. The zero-order valence-electron chi connectivity index (χ0n) is 39.5. The lowest BCUT2D eigenvalue weighted by atomic mass is 9.91. The topological polar surface area (TPSA) is 257 Å². The molecular formula is C43H81N9O9. The molecule has 0 saturated carbocycles. The zero-order valence-corrected chi connectivity index (χ0v) is 39.5. The fourth-order valence-corrected chi connectivity index (χ4v) is 5.44. The molecule has 5 atom stereocenters. The average Bonchev–Trinajstić information content (AvgIpc) is 3.22. The van der Waals surface area contributed by atoms with Crippen LogP contribution in [0.25, 0.3) is 0 Å². The number of anilines is 1. The van der Waals surface area contributed by atoms with Gasteiger partial charge in [-0.25, -0.2) is 9.59 Å². The molecule has 1 aromatic rings. The first-order valence-electron chi connectivity index (χ1n) is 21.3. The fourth-order valence-electron chi connectivity index (χ4n) is 5.44. The van der Waals surface area contributed by atoms with Crippen LogP contribution in [-0.2, 0) is 40.1 Å². The fraction of sp³-hybridized carbons (Fsp3) is 0.698. The molecule has 8 amide bonds. The van der Waals surface area contributed by atoms with Gasteiger partial charge in [-0.15, -0.1) is 0 Å². The van der Waals surface area contributed by atoms with Crippen molar-refractivity contribution in [1.29, 1.82) is 0 Å². The maximum Gasteiger partial charge on any atom is 0.410 e. The van der Waals surface area contributed by atoms with E-state index in [0.29, 0.717) is 24.2 Å². The second kappa shape index (κ2) is 35.8. The van der Waals surface area contributed by atoms with E-state index in [1.165, 1.54) is 18.4 Å². The number of ether oxygens (including phenoxy) is 2. The number of methoxy groups -OCH3 is 1. The normalized spacial score (nSPS) is 12.7. The molecule has 1 aromatic carbocycles. The number of nitrogens with zero attached hydrogens (tertiary/aromatic N) is 2. The number of nitrogens with two attached hydrogens (primary N) is 2. The highest BCUT2D eigenvalue weighted by Gasteiger charge is 2.34. The van der Waals surface area contributed by atoms with Crippen molar-refractivity contribution in [3.05, 3.63) is 29.8 Å². The van der Waals surface area contributed by atoms with Gasteiger partial charge in [0, 0.05) is 40.0 Å². The molecule has 0 fully saturated rings. The Hall–Kier alpha value is -4.97. The third kappa shape index (κ3) is 26.8. The van der Waals surface area contributed by atoms with Crippen LogP contribution in [0.4, 0.5) is 15.3 Å². The summed E-state index contributed by atoms with van der Waals surface area (Å²) >= 11 is 0. The van der Waals surface area contributed by atoms with Crippen molar-refractivity contribution in [2.45, 2.75) is 133 Å². The van der Waals surface area contributed by atoms with Crippen LogP contribution in [0.5, 0.6) is 0 Å². The molecule has 0 aliphatic rings. The van der Waals surface area contributed by atoms with Gasteiger partial charge in [-0.3, -0.25) is 28.9 Å². The van der Waals surface area contributed by atoms with Crippen molar-refractivity contribution in [3.63, 3.8) is 0 Å². The molecule has 5 unspecified atom stereocenters. The molecule has 0 heterocycles. The Morgan fingerprint density at radius 1 is 0.787 bits per heavy atom. The molecule has 1 rings (SSSR count). The summed E-state index contributed by atoms with van der Waals surface area (Å²) in [5.74, 6) is -1.63. The van der Waals surface area contributed by atoms with E-state index in [1.807, 2.05) is 48.5 Å². The number of nitrogens with one attached hydrogen (secondary N) is 5. The molecule has 9 N–H and O–H groups in total. The number of carbonyl (C=O) groups is 7. The summed E-state index contributed by atoms with van der Waals surface area (Å²) in [7, 11) is 4.84. The number of hydrogen-bond donors (Lipinski definition) is 7. The van der Waals surface area contributed by atoms with Crippen LogP contribution in [0.1, 0.15) is 107 Å². The van der Waals surface area contributed by atoms with E-state index >= 15 is 0 Å². The first-order chi connectivity index (χ1) is 28.7. The van der Waals surface area contributed by atoms with Crippen LogP contribution >= 0.6 is 0 Å². The second-order valence-electron chi connectivity index (χ2n) is 15.0. The number of urea groups is 1. The molecular weight excluding hydrogens is 787 g/mol. The minimum absolute atomic E-state index is 0.0521. The molecule has 352 valence electrons. The molecule has 0 aliphatic carbocycles. The first-order valence-corrected chi connectivity index (χ1v) is 21.3. The van der Waals surface area contributed by atoms with Crippen molar-refractivity contribution < 1.29 is 43.0 Å². The predicted molar refractivity (Wildman–Crippen MR) is 241 cm³/mol. The molecule has 0 bridgehead atoms. The quantitative estimate of drug-likeness (QED) is 0.0826. The maximum absolute atomic E-state index is 13.2. The predicted octanol–water partition coefficient (Wildman–Crippen LogP) is 3.97. The van der Waals surface area contributed by atoms with Crippen LogP contribution < -0.4 is 38.1 Å². The molecule has 0 radical (unpaired) electrons. The number of primary amides is 1. The highest BCUT2D eigenvalue weighted by atomic mass is 16.6. The Morgan fingerprint density at radius 3 is 1.74 bits per heavy atom. The van der Waals surface area contributed by atoms with Crippen molar-refractivity contribution in [2.75, 3.05) is 52.7 Å². The summed E-state index contributed by atoms with van der Waals surface area (Å²) in [6, 6.07) is 4.51. The zero-order chi connectivity index (χ0) is 47.7. The van der Waals surface area contributed by atoms with E-state index in [1.54, 1.807) is 43.3 Å². The monoisotopic (exact) mass is 868 g/mol. The number of amides is 8. The van der Waals surface area contributed by atoms with Crippen molar-refractivity contribution in [3.8, 4) is 0 Å². The number of hydrogen-bond acceptors (Lipinski definition) is 10. The lowest BCUT2D eigenvalue weighted by Gasteiger charge is -2.37. The van der Waals surface area contributed by atoms with Crippen molar-refractivity contribution >= 4 is 47.9 Å². The maximum atomic E-state index is 13.2. The highest BCUT2D eigenvalue weighted by molar-refractivity contribution is 5.95. The van der Waals surface area contributed by atoms with Gasteiger partial charge in [-0.1, -0.05) is 94.2 Å².